The zero-order valence-electron chi connectivity index (χ0n) is 20.7. The molecule has 1 aromatic heterocycles. The number of aliphatic hydroxyl groups excluding tert-OH is 1. The third kappa shape index (κ3) is 5.38. The molecular weight excluding hydrogens is 544 g/mol. The van der Waals surface area contributed by atoms with Crippen molar-refractivity contribution < 1.29 is 19.4 Å². The van der Waals surface area contributed by atoms with E-state index in [0.717, 1.165) is 26.7 Å². The minimum atomic E-state index is -0.742. The number of Topliss-reactive ketones (excluding diaryl/α,β-unsaturated/α-hetero) is 1. The summed E-state index contributed by atoms with van der Waals surface area (Å²) in [7, 11) is 0. The Morgan fingerprint density at radius 1 is 0.947 bits per heavy atom. The van der Waals surface area contributed by atoms with Crippen LogP contribution >= 0.6 is 15.9 Å². The lowest BCUT2D eigenvalue weighted by Crippen LogP contribution is -2.29. The minimum Gasteiger partial charge on any atom is -0.507 e. The van der Waals surface area contributed by atoms with Crippen molar-refractivity contribution in [1.29, 1.82) is 0 Å². The van der Waals surface area contributed by atoms with Gasteiger partial charge in [-0.2, -0.15) is 0 Å². The molecule has 2 heterocycles. The first kappa shape index (κ1) is 25.4. The molecule has 38 heavy (non-hydrogen) atoms. The van der Waals surface area contributed by atoms with Gasteiger partial charge in [0.15, 0.2) is 0 Å². The Kier molecular flexibility index (Phi) is 7.38. The van der Waals surface area contributed by atoms with E-state index in [2.05, 4.69) is 27.0 Å². The maximum Gasteiger partial charge on any atom is 0.295 e. The molecule has 0 spiro atoms. The molecule has 1 saturated heterocycles. The van der Waals surface area contributed by atoms with Gasteiger partial charge in [0.25, 0.3) is 11.7 Å². The number of carbonyl (C=O) groups is 2. The highest BCUT2D eigenvalue weighted by atomic mass is 79.9. The van der Waals surface area contributed by atoms with Crippen molar-refractivity contribution in [3.8, 4) is 5.75 Å². The fraction of sp³-hybridized carbons (Fsp3) is 0.129. The first-order valence-electron chi connectivity index (χ1n) is 12.1. The summed E-state index contributed by atoms with van der Waals surface area (Å²) in [6, 6.07) is 25.2. The number of hydrogen-bond acceptors (Lipinski definition) is 5. The first-order valence-corrected chi connectivity index (χ1v) is 12.9. The first-order chi connectivity index (χ1) is 18.4. The number of aromatic nitrogens is 1. The number of ketones is 1. The van der Waals surface area contributed by atoms with Crippen LogP contribution in [0.4, 0.5) is 0 Å². The average molecular weight is 569 g/mol. The molecule has 190 valence electrons. The van der Waals surface area contributed by atoms with E-state index in [1.54, 1.807) is 48.8 Å². The number of nitrogens with zero attached hydrogens (tertiary/aromatic N) is 2. The van der Waals surface area contributed by atoms with E-state index in [1.807, 2.05) is 49.4 Å². The van der Waals surface area contributed by atoms with E-state index >= 15 is 0 Å². The van der Waals surface area contributed by atoms with Crippen molar-refractivity contribution in [1.82, 2.24) is 9.88 Å². The topological polar surface area (TPSA) is 79.7 Å². The number of halogens is 1. The second-order valence-corrected chi connectivity index (χ2v) is 10.1. The maximum atomic E-state index is 13.3. The molecule has 3 aromatic carbocycles. The Bertz CT molecular complexity index is 1500. The van der Waals surface area contributed by atoms with Gasteiger partial charge in [-0.25, -0.2) is 0 Å². The van der Waals surface area contributed by atoms with Crippen LogP contribution < -0.4 is 4.74 Å². The van der Waals surface area contributed by atoms with Gasteiger partial charge in [-0.05, 0) is 72.1 Å². The largest absolute Gasteiger partial charge is 0.507 e. The number of benzene rings is 3. The highest BCUT2D eigenvalue weighted by Gasteiger charge is 2.46. The van der Waals surface area contributed by atoms with Crippen LogP contribution in [0.3, 0.4) is 0 Å². The molecule has 6 nitrogen and oxygen atoms in total. The quantitative estimate of drug-likeness (QED) is 0.159. The predicted molar refractivity (Wildman–Crippen MR) is 148 cm³/mol. The summed E-state index contributed by atoms with van der Waals surface area (Å²) >= 11 is 3.44. The van der Waals surface area contributed by atoms with Gasteiger partial charge < -0.3 is 14.7 Å². The van der Waals surface area contributed by atoms with Gasteiger partial charge >= 0.3 is 0 Å². The number of hydrogen-bond donors (Lipinski definition) is 1. The SMILES string of the molecule is Cc1cccc(COc2ccc(C(O)=C3C(=O)C(=O)N(Cc4ccncc4)[C@H]3c3ccc(Br)cc3)cc2)c1. The van der Waals surface area contributed by atoms with Gasteiger partial charge in [0.2, 0.25) is 0 Å². The van der Waals surface area contributed by atoms with Crippen molar-refractivity contribution in [3.63, 3.8) is 0 Å². The van der Waals surface area contributed by atoms with Crippen LogP contribution in [0.2, 0.25) is 0 Å². The summed E-state index contributed by atoms with van der Waals surface area (Å²) in [6.45, 7) is 2.65. The van der Waals surface area contributed by atoms with Crippen molar-refractivity contribution in [2.45, 2.75) is 26.1 Å². The minimum absolute atomic E-state index is 0.0554. The Balaban J connectivity index is 1.47. The van der Waals surface area contributed by atoms with Crippen LogP contribution in [0, 0.1) is 6.92 Å². The van der Waals surface area contributed by atoms with E-state index in [1.165, 1.54) is 4.90 Å². The molecule has 1 amide bonds. The fourth-order valence-electron chi connectivity index (χ4n) is 4.55. The van der Waals surface area contributed by atoms with E-state index in [-0.39, 0.29) is 17.9 Å². The number of rotatable bonds is 7. The molecule has 0 saturated carbocycles. The number of aryl methyl sites for hydroxylation is 1. The zero-order valence-corrected chi connectivity index (χ0v) is 22.3. The van der Waals surface area contributed by atoms with Gasteiger partial charge in [0.05, 0.1) is 11.6 Å². The highest BCUT2D eigenvalue weighted by molar-refractivity contribution is 9.10. The normalized spacial score (nSPS) is 16.6. The predicted octanol–water partition coefficient (Wildman–Crippen LogP) is 6.35. The lowest BCUT2D eigenvalue weighted by molar-refractivity contribution is -0.140. The molecule has 1 N–H and O–H groups in total. The summed E-state index contributed by atoms with van der Waals surface area (Å²) in [4.78, 5) is 32.0. The van der Waals surface area contributed by atoms with Crippen LogP contribution in [0.1, 0.15) is 33.9 Å². The van der Waals surface area contributed by atoms with E-state index < -0.39 is 17.7 Å². The molecule has 7 heteroatoms. The second kappa shape index (κ2) is 11.0. The molecule has 1 fully saturated rings. The number of carbonyl (C=O) groups excluding carboxylic acids is 2. The van der Waals surface area contributed by atoms with Crippen molar-refractivity contribution in [2.75, 3.05) is 0 Å². The van der Waals surface area contributed by atoms with Gasteiger partial charge in [-0.3, -0.25) is 14.6 Å². The molecule has 0 aliphatic carbocycles. The van der Waals surface area contributed by atoms with Crippen molar-refractivity contribution in [3.05, 3.63) is 135 Å². The van der Waals surface area contributed by atoms with Crippen LogP contribution in [0.25, 0.3) is 5.76 Å². The third-order valence-electron chi connectivity index (χ3n) is 6.44. The lowest BCUT2D eigenvalue weighted by Gasteiger charge is -2.25. The van der Waals surface area contributed by atoms with Gasteiger partial charge in [-0.1, -0.05) is 57.9 Å². The summed E-state index contributed by atoms with van der Waals surface area (Å²) < 4.78 is 6.76. The van der Waals surface area contributed by atoms with E-state index in [0.29, 0.717) is 17.9 Å². The lowest BCUT2D eigenvalue weighted by atomic mass is 9.95. The molecule has 0 radical (unpaired) electrons. The smallest absolute Gasteiger partial charge is 0.295 e. The molecule has 4 aromatic rings. The Labute approximate surface area is 229 Å². The van der Waals surface area contributed by atoms with Crippen LogP contribution in [-0.4, -0.2) is 26.7 Å². The van der Waals surface area contributed by atoms with Gasteiger partial charge in [0, 0.05) is 29.0 Å². The summed E-state index contributed by atoms with van der Waals surface area (Å²) in [5.41, 5.74) is 4.25. The zero-order chi connectivity index (χ0) is 26.6. The molecule has 5 rings (SSSR count). The molecule has 1 aliphatic heterocycles. The summed E-state index contributed by atoms with van der Waals surface area (Å²) in [5.74, 6) is -0.969. The fourth-order valence-corrected chi connectivity index (χ4v) is 4.82. The number of likely N-dealkylation sites (tertiary alicyclic amines) is 1. The molecule has 1 atom stereocenters. The number of pyridine rings is 1. The third-order valence-corrected chi connectivity index (χ3v) is 6.97. The molecule has 0 bridgehead atoms. The summed E-state index contributed by atoms with van der Waals surface area (Å²) in [5, 5.41) is 11.3. The molecule has 1 aliphatic rings. The highest BCUT2D eigenvalue weighted by Crippen LogP contribution is 2.40. The average Bonchev–Trinajstić information content (AvgIpc) is 3.18. The monoisotopic (exact) mass is 568 g/mol. The second-order valence-electron chi connectivity index (χ2n) is 9.14. The Hall–Kier alpha value is -4.23. The van der Waals surface area contributed by atoms with E-state index in [4.69, 9.17) is 4.74 Å². The number of ether oxygens (including phenoxy) is 1. The maximum absolute atomic E-state index is 13.3. The van der Waals surface area contributed by atoms with Crippen LogP contribution in [0.5, 0.6) is 5.75 Å². The Morgan fingerprint density at radius 3 is 2.34 bits per heavy atom. The van der Waals surface area contributed by atoms with Crippen molar-refractivity contribution in [2.24, 2.45) is 0 Å². The standard InChI is InChI=1S/C31H25BrN2O4/c1-20-3-2-4-22(17-20)19-38-26-11-7-24(8-12-26)29(35)27-28(23-5-9-25(32)10-6-23)34(31(37)30(27)36)18-21-13-15-33-16-14-21/h2-17,28,35H,18-19H2,1H3/t28-/m0/s1. The van der Waals surface area contributed by atoms with Crippen LogP contribution in [0.15, 0.2) is 107 Å². The van der Waals surface area contributed by atoms with E-state index in [9.17, 15) is 14.7 Å². The number of aliphatic hydroxyl groups is 1. The van der Waals surface area contributed by atoms with Crippen LogP contribution in [-0.2, 0) is 22.7 Å². The van der Waals surface area contributed by atoms with Gasteiger partial charge in [-0.15, -0.1) is 0 Å². The van der Waals surface area contributed by atoms with Crippen molar-refractivity contribution >= 4 is 33.4 Å². The van der Waals surface area contributed by atoms with Gasteiger partial charge in [0.1, 0.15) is 18.1 Å². The number of amides is 1. The molecular formula is C31H25BrN2O4. The molecule has 0 unspecified atom stereocenters. The summed E-state index contributed by atoms with van der Waals surface area (Å²) in [6.07, 6.45) is 3.28. The Morgan fingerprint density at radius 2 is 1.66 bits per heavy atom.